The molecule has 1 aromatic rings. The zero-order chi connectivity index (χ0) is 14.4. The lowest BCUT2D eigenvalue weighted by molar-refractivity contribution is -0.116. The molecule has 0 aromatic heterocycles. The molecule has 0 saturated carbocycles. The first-order valence-electron chi connectivity index (χ1n) is 7.15. The Morgan fingerprint density at radius 1 is 1.40 bits per heavy atom. The summed E-state index contributed by atoms with van der Waals surface area (Å²) in [4.78, 5) is 14.1. The van der Waals surface area contributed by atoms with Crippen molar-refractivity contribution in [2.45, 2.75) is 38.8 Å². The molecule has 1 fully saturated rings. The van der Waals surface area contributed by atoms with E-state index in [0.717, 1.165) is 28.0 Å². The minimum atomic E-state index is -0.548. The third-order valence-electron chi connectivity index (χ3n) is 4.68. The quantitative estimate of drug-likeness (QED) is 0.828. The van der Waals surface area contributed by atoms with Crippen molar-refractivity contribution in [1.29, 1.82) is 0 Å². The Labute approximate surface area is 127 Å². The minimum Gasteiger partial charge on any atom is -0.368 e. The van der Waals surface area contributed by atoms with Gasteiger partial charge in [0.1, 0.15) is 6.04 Å². The van der Waals surface area contributed by atoms with Crippen molar-refractivity contribution in [3.63, 3.8) is 0 Å². The summed E-state index contributed by atoms with van der Waals surface area (Å²) < 4.78 is 1.02. The first-order valence-corrected chi connectivity index (χ1v) is 7.95. The van der Waals surface area contributed by atoms with Gasteiger partial charge in [0.25, 0.3) is 0 Å². The maximum atomic E-state index is 11.7. The molecule has 2 heterocycles. The highest BCUT2D eigenvalue weighted by Gasteiger charge is 2.31. The van der Waals surface area contributed by atoms with Crippen molar-refractivity contribution < 1.29 is 4.79 Å². The molecule has 2 aliphatic rings. The van der Waals surface area contributed by atoms with Gasteiger partial charge in [0.15, 0.2) is 0 Å². The molecule has 3 atom stereocenters. The SMILES string of the molecule is CC1CCCN(c2cc3c(cc2Br)C(N)C(=O)N3)C1C. The van der Waals surface area contributed by atoms with Crippen molar-refractivity contribution in [2.75, 3.05) is 16.8 Å². The Kier molecular flexibility index (Phi) is 3.50. The van der Waals surface area contributed by atoms with Crippen molar-refractivity contribution in [1.82, 2.24) is 0 Å². The number of carbonyl (C=O) groups is 1. The fourth-order valence-corrected chi connectivity index (χ4v) is 3.78. The lowest BCUT2D eigenvalue weighted by Gasteiger charge is -2.40. The van der Waals surface area contributed by atoms with E-state index in [4.69, 9.17) is 5.73 Å². The normalized spacial score (nSPS) is 29.3. The van der Waals surface area contributed by atoms with Gasteiger partial charge in [-0.05, 0) is 53.7 Å². The zero-order valence-electron chi connectivity index (χ0n) is 11.8. The Balaban J connectivity index is 1.99. The van der Waals surface area contributed by atoms with Gasteiger partial charge in [-0.2, -0.15) is 0 Å². The average Bonchev–Trinajstić information content (AvgIpc) is 2.68. The van der Waals surface area contributed by atoms with Crippen LogP contribution in [-0.4, -0.2) is 18.5 Å². The number of halogens is 1. The van der Waals surface area contributed by atoms with Crippen molar-refractivity contribution >= 4 is 33.2 Å². The topological polar surface area (TPSA) is 58.4 Å². The van der Waals surface area contributed by atoms with Crippen LogP contribution < -0.4 is 16.0 Å². The maximum Gasteiger partial charge on any atom is 0.245 e. The fourth-order valence-electron chi connectivity index (χ4n) is 3.19. The number of nitrogens with zero attached hydrogens (tertiary/aromatic N) is 1. The molecule has 0 spiro atoms. The molecule has 20 heavy (non-hydrogen) atoms. The Morgan fingerprint density at radius 2 is 2.15 bits per heavy atom. The number of rotatable bonds is 1. The number of benzene rings is 1. The molecule has 0 aliphatic carbocycles. The van der Waals surface area contributed by atoms with Gasteiger partial charge in [-0.15, -0.1) is 0 Å². The number of fused-ring (bicyclic) bond motifs is 1. The van der Waals surface area contributed by atoms with Crippen LogP contribution >= 0.6 is 15.9 Å². The second-order valence-electron chi connectivity index (χ2n) is 5.91. The summed E-state index contributed by atoms with van der Waals surface area (Å²) in [5, 5.41) is 2.87. The molecule has 108 valence electrons. The first-order chi connectivity index (χ1) is 9.49. The molecule has 3 N–H and O–H groups in total. The van der Waals surface area contributed by atoms with Crippen LogP contribution in [0.1, 0.15) is 38.3 Å². The number of amides is 1. The number of hydrogen-bond donors (Lipinski definition) is 2. The van der Waals surface area contributed by atoms with E-state index >= 15 is 0 Å². The van der Waals surface area contributed by atoms with Crippen molar-refractivity contribution in [3.05, 3.63) is 22.2 Å². The maximum absolute atomic E-state index is 11.7. The molecule has 1 aromatic carbocycles. The highest BCUT2D eigenvalue weighted by Crippen LogP contribution is 2.40. The highest BCUT2D eigenvalue weighted by molar-refractivity contribution is 9.10. The van der Waals surface area contributed by atoms with Crippen LogP contribution in [0.25, 0.3) is 0 Å². The molecule has 5 heteroatoms. The number of anilines is 2. The van der Waals surface area contributed by atoms with E-state index in [1.54, 1.807) is 0 Å². The molecule has 1 saturated heterocycles. The number of nitrogens with one attached hydrogen (secondary N) is 1. The Bertz CT molecular complexity index is 560. The van der Waals surface area contributed by atoms with E-state index in [1.807, 2.05) is 6.07 Å². The second kappa shape index (κ2) is 5.04. The summed E-state index contributed by atoms with van der Waals surface area (Å²) in [6, 6.07) is 4.00. The molecule has 0 bridgehead atoms. The summed E-state index contributed by atoms with van der Waals surface area (Å²) in [5.41, 5.74) is 8.77. The predicted octanol–water partition coefficient (Wildman–Crippen LogP) is 3.03. The minimum absolute atomic E-state index is 0.121. The van der Waals surface area contributed by atoms with Gasteiger partial charge < -0.3 is 16.0 Å². The summed E-state index contributed by atoms with van der Waals surface area (Å²) in [6.45, 7) is 5.63. The van der Waals surface area contributed by atoms with Crippen LogP contribution in [0.4, 0.5) is 11.4 Å². The van der Waals surface area contributed by atoms with Gasteiger partial charge in [0.05, 0.1) is 5.69 Å². The van der Waals surface area contributed by atoms with Gasteiger partial charge in [0.2, 0.25) is 5.91 Å². The molecule has 4 nitrogen and oxygen atoms in total. The van der Waals surface area contributed by atoms with E-state index in [-0.39, 0.29) is 5.91 Å². The largest absolute Gasteiger partial charge is 0.368 e. The Morgan fingerprint density at radius 3 is 2.90 bits per heavy atom. The van der Waals surface area contributed by atoms with E-state index in [2.05, 4.69) is 46.1 Å². The molecule has 1 amide bonds. The lowest BCUT2D eigenvalue weighted by Crippen LogP contribution is -2.42. The standard InChI is InChI=1S/C15H20BrN3O/c1-8-4-3-5-19(9(8)2)13-7-12-10(6-11(13)16)14(17)15(20)18-12/h6-9,14H,3-5,17H2,1-2H3,(H,18,20). The predicted molar refractivity (Wildman–Crippen MR) is 84.9 cm³/mol. The molecular weight excluding hydrogens is 318 g/mol. The van der Waals surface area contributed by atoms with Gasteiger partial charge in [-0.1, -0.05) is 6.92 Å². The van der Waals surface area contributed by atoms with Crippen LogP contribution in [0, 0.1) is 5.92 Å². The average molecular weight is 338 g/mol. The van der Waals surface area contributed by atoms with Crippen LogP contribution in [0.3, 0.4) is 0 Å². The van der Waals surface area contributed by atoms with E-state index in [0.29, 0.717) is 12.0 Å². The molecule has 3 unspecified atom stereocenters. The number of nitrogens with two attached hydrogens (primary N) is 1. The molecule has 3 rings (SSSR count). The summed E-state index contributed by atoms with van der Waals surface area (Å²) in [7, 11) is 0. The monoisotopic (exact) mass is 337 g/mol. The van der Waals surface area contributed by atoms with Crippen LogP contribution in [0.5, 0.6) is 0 Å². The van der Waals surface area contributed by atoms with Gasteiger partial charge in [-0.3, -0.25) is 4.79 Å². The third-order valence-corrected chi connectivity index (χ3v) is 5.31. The van der Waals surface area contributed by atoms with Crippen molar-refractivity contribution in [3.8, 4) is 0 Å². The fraction of sp³-hybridized carbons (Fsp3) is 0.533. The molecular formula is C15H20BrN3O. The highest BCUT2D eigenvalue weighted by atomic mass is 79.9. The van der Waals surface area contributed by atoms with Gasteiger partial charge in [-0.25, -0.2) is 0 Å². The van der Waals surface area contributed by atoms with Crippen molar-refractivity contribution in [2.24, 2.45) is 11.7 Å². The Hall–Kier alpha value is -1.07. The van der Waals surface area contributed by atoms with Crippen LogP contribution in [0.2, 0.25) is 0 Å². The number of carbonyl (C=O) groups excluding carboxylic acids is 1. The lowest BCUT2D eigenvalue weighted by atomic mass is 9.91. The smallest absolute Gasteiger partial charge is 0.245 e. The number of hydrogen-bond acceptors (Lipinski definition) is 3. The summed E-state index contributed by atoms with van der Waals surface area (Å²) in [6.07, 6.45) is 2.49. The van der Waals surface area contributed by atoms with Gasteiger partial charge >= 0.3 is 0 Å². The summed E-state index contributed by atoms with van der Waals surface area (Å²) >= 11 is 3.64. The van der Waals surface area contributed by atoms with Crippen LogP contribution in [0.15, 0.2) is 16.6 Å². The molecule has 0 radical (unpaired) electrons. The van der Waals surface area contributed by atoms with Crippen LogP contribution in [-0.2, 0) is 4.79 Å². The molecule has 2 aliphatic heterocycles. The first kappa shape index (κ1) is 13.9. The van der Waals surface area contributed by atoms with E-state index < -0.39 is 6.04 Å². The van der Waals surface area contributed by atoms with Gasteiger partial charge in [0, 0.05) is 28.3 Å². The second-order valence-corrected chi connectivity index (χ2v) is 6.77. The number of piperidine rings is 1. The third kappa shape index (κ3) is 2.13. The van der Waals surface area contributed by atoms with E-state index in [1.165, 1.54) is 12.8 Å². The summed E-state index contributed by atoms with van der Waals surface area (Å²) in [5.74, 6) is 0.560. The van der Waals surface area contributed by atoms with E-state index in [9.17, 15) is 4.79 Å². The zero-order valence-corrected chi connectivity index (χ0v) is 13.4.